The number of anilines is 1. The van der Waals surface area contributed by atoms with Crippen LogP contribution in [0.25, 0.3) is 0 Å². The third-order valence-corrected chi connectivity index (χ3v) is 8.11. The highest BCUT2D eigenvalue weighted by molar-refractivity contribution is 8.14. The van der Waals surface area contributed by atoms with Crippen molar-refractivity contribution in [2.75, 3.05) is 22.6 Å². The maximum atomic E-state index is 12.4. The quantitative estimate of drug-likeness (QED) is 0.700. The highest BCUT2D eigenvalue weighted by Gasteiger charge is 2.46. The molecule has 4 rings (SSSR count). The molecule has 1 N–H and O–H groups in total. The number of nitrogens with one attached hydrogen (secondary N) is 1. The maximum Gasteiger partial charge on any atom is 0.234 e. The summed E-state index contributed by atoms with van der Waals surface area (Å²) in [4.78, 5) is 19.0. The fraction of sp³-hybridized carbons (Fsp3) is 0.300. The van der Waals surface area contributed by atoms with Crippen molar-refractivity contribution in [1.82, 2.24) is 4.90 Å². The third-order valence-electron chi connectivity index (χ3n) is 4.92. The lowest BCUT2D eigenvalue weighted by atomic mass is 10.1. The standard InChI is InChI=1S/C20H19Cl2N3O3S2/c21-14-6-4-13(5-7-14)9-25-18-12-30(27,28)11-17(18)24-20(25)29-10-19(26)23-16-3-1-2-15(22)8-16/h1-8,17-18H,9-12H2,(H,23,26)/t17-,18-/m0/s1. The van der Waals surface area contributed by atoms with Gasteiger partial charge in [0.05, 0.1) is 29.3 Å². The molecule has 1 amide bonds. The Balaban J connectivity index is 1.45. The molecule has 1 fully saturated rings. The molecule has 2 aliphatic heterocycles. The van der Waals surface area contributed by atoms with Gasteiger partial charge in [0, 0.05) is 22.3 Å². The first-order chi connectivity index (χ1) is 14.3. The van der Waals surface area contributed by atoms with Crippen molar-refractivity contribution in [2.45, 2.75) is 18.6 Å². The van der Waals surface area contributed by atoms with E-state index < -0.39 is 9.84 Å². The summed E-state index contributed by atoms with van der Waals surface area (Å²) in [5, 5.41) is 4.69. The van der Waals surface area contributed by atoms with Crippen LogP contribution in [0.2, 0.25) is 10.0 Å². The van der Waals surface area contributed by atoms with Gasteiger partial charge in [-0.15, -0.1) is 0 Å². The van der Waals surface area contributed by atoms with E-state index in [4.69, 9.17) is 23.2 Å². The maximum absolute atomic E-state index is 12.4. The van der Waals surface area contributed by atoms with E-state index in [0.717, 1.165) is 5.56 Å². The van der Waals surface area contributed by atoms with Gasteiger partial charge in [-0.3, -0.25) is 9.79 Å². The fourth-order valence-corrected chi connectivity index (χ4v) is 6.67. The summed E-state index contributed by atoms with van der Waals surface area (Å²) in [5.41, 5.74) is 1.63. The first-order valence-corrected chi connectivity index (χ1v) is 12.8. The Morgan fingerprint density at radius 1 is 1.13 bits per heavy atom. The van der Waals surface area contributed by atoms with Gasteiger partial charge in [0.25, 0.3) is 0 Å². The molecule has 0 spiro atoms. The zero-order valence-electron chi connectivity index (χ0n) is 15.8. The smallest absolute Gasteiger partial charge is 0.234 e. The second-order valence-electron chi connectivity index (χ2n) is 7.22. The van der Waals surface area contributed by atoms with Crippen molar-refractivity contribution in [3.63, 3.8) is 0 Å². The predicted octanol–water partition coefficient (Wildman–Crippen LogP) is 3.70. The van der Waals surface area contributed by atoms with Crippen LogP contribution in [-0.2, 0) is 21.2 Å². The van der Waals surface area contributed by atoms with E-state index in [1.54, 1.807) is 36.4 Å². The van der Waals surface area contributed by atoms with Crippen LogP contribution in [0, 0.1) is 0 Å². The molecule has 2 aliphatic rings. The summed E-state index contributed by atoms with van der Waals surface area (Å²) < 4.78 is 24.2. The Morgan fingerprint density at radius 2 is 1.90 bits per heavy atom. The van der Waals surface area contributed by atoms with Gasteiger partial charge < -0.3 is 10.2 Å². The summed E-state index contributed by atoms with van der Waals surface area (Å²) in [6.45, 7) is 0.510. The van der Waals surface area contributed by atoms with E-state index in [1.807, 2.05) is 17.0 Å². The van der Waals surface area contributed by atoms with Crippen LogP contribution in [0.15, 0.2) is 53.5 Å². The molecular formula is C20H19Cl2N3O3S2. The number of halogens is 2. The fourth-order valence-electron chi connectivity index (χ4n) is 3.57. The van der Waals surface area contributed by atoms with Gasteiger partial charge >= 0.3 is 0 Å². The lowest BCUT2D eigenvalue weighted by Gasteiger charge is -2.26. The summed E-state index contributed by atoms with van der Waals surface area (Å²) in [6.07, 6.45) is 0. The molecule has 6 nitrogen and oxygen atoms in total. The molecule has 10 heteroatoms. The highest BCUT2D eigenvalue weighted by Crippen LogP contribution is 2.32. The zero-order valence-corrected chi connectivity index (χ0v) is 18.9. The number of amidine groups is 1. The lowest BCUT2D eigenvalue weighted by molar-refractivity contribution is -0.113. The number of amides is 1. The number of benzene rings is 2. The van der Waals surface area contributed by atoms with E-state index in [0.29, 0.717) is 27.4 Å². The molecule has 0 aromatic heterocycles. The van der Waals surface area contributed by atoms with Gasteiger partial charge in [0.1, 0.15) is 0 Å². The van der Waals surface area contributed by atoms with Crippen LogP contribution in [-0.4, -0.2) is 53.7 Å². The van der Waals surface area contributed by atoms with Crippen molar-refractivity contribution in [1.29, 1.82) is 0 Å². The number of hydrogen-bond donors (Lipinski definition) is 1. The molecule has 158 valence electrons. The average Bonchev–Trinajstić information content (AvgIpc) is 3.14. The van der Waals surface area contributed by atoms with Gasteiger partial charge in [0.15, 0.2) is 15.0 Å². The minimum absolute atomic E-state index is 0.0492. The number of carbonyl (C=O) groups is 1. The molecule has 2 aromatic carbocycles. The highest BCUT2D eigenvalue weighted by atomic mass is 35.5. The second kappa shape index (κ2) is 8.78. The normalized spacial score (nSPS) is 21.9. The molecule has 2 aromatic rings. The Kier molecular flexibility index (Phi) is 6.29. The number of carbonyl (C=O) groups excluding carboxylic acids is 1. The Morgan fingerprint density at radius 3 is 2.63 bits per heavy atom. The number of rotatable bonds is 5. The van der Waals surface area contributed by atoms with Crippen LogP contribution in [0.1, 0.15) is 5.56 Å². The molecular weight excluding hydrogens is 465 g/mol. The van der Waals surface area contributed by atoms with Gasteiger partial charge in [-0.25, -0.2) is 8.42 Å². The molecule has 2 heterocycles. The van der Waals surface area contributed by atoms with E-state index in [-0.39, 0.29) is 35.2 Å². The summed E-state index contributed by atoms with van der Waals surface area (Å²) >= 11 is 13.2. The van der Waals surface area contributed by atoms with Crippen molar-refractivity contribution >= 4 is 61.6 Å². The minimum Gasteiger partial charge on any atom is -0.341 e. The number of fused-ring (bicyclic) bond motifs is 1. The predicted molar refractivity (Wildman–Crippen MR) is 123 cm³/mol. The van der Waals surface area contributed by atoms with Crippen LogP contribution in [0.5, 0.6) is 0 Å². The van der Waals surface area contributed by atoms with Crippen LogP contribution in [0.3, 0.4) is 0 Å². The van der Waals surface area contributed by atoms with Gasteiger partial charge in [-0.1, -0.05) is 53.2 Å². The van der Waals surface area contributed by atoms with Gasteiger partial charge in [-0.2, -0.15) is 0 Å². The first-order valence-electron chi connectivity index (χ1n) is 9.27. The SMILES string of the molecule is O=C(CSC1=N[C@H]2CS(=O)(=O)C[C@@H]2N1Cc1ccc(Cl)cc1)Nc1cccc(Cl)c1. The third kappa shape index (κ3) is 5.11. The van der Waals surface area contributed by atoms with E-state index in [2.05, 4.69) is 10.3 Å². The summed E-state index contributed by atoms with van der Waals surface area (Å²) in [5.74, 6) is 0.108. The van der Waals surface area contributed by atoms with Gasteiger partial charge in [0.2, 0.25) is 5.91 Å². The number of aliphatic imine (C=N–C) groups is 1. The topological polar surface area (TPSA) is 78.8 Å². The monoisotopic (exact) mass is 483 g/mol. The minimum atomic E-state index is -3.11. The zero-order chi connectivity index (χ0) is 21.3. The molecule has 0 unspecified atom stereocenters. The van der Waals surface area contributed by atoms with Crippen molar-refractivity contribution in [3.8, 4) is 0 Å². The van der Waals surface area contributed by atoms with E-state index in [1.165, 1.54) is 11.8 Å². The summed E-state index contributed by atoms with van der Waals surface area (Å²) in [7, 11) is -3.11. The van der Waals surface area contributed by atoms with Crippen LogP contribution in [0.4, 0.5) is 5.69 Å². The second-order valence-corrected chi connectivity index (χ2v) is 11.2. The summed E-state index contributed by atoms with van der Waals surface area (Å²) in [6, 6.07) is 13.9. The number of thioether (sulfide) groups is 1. The average molecular weight is 484 g/mol. The molecule has 30 heavy (non-hydrogen) atoms. The molecule has 1 saturated heterocycles. The van der Waals surface area contributed by atoms with E-state index in [9.17, 15) is 13.2 Å². The van der Waals surface area contributed by atoms with Crippen molar-refractivity contribution in [3.05, 3.63) is 64.1 Å². The molecule has 0 saturated carbocycles. The van der Waals surface area contributed by atoms with Crippen molar-refractivity contribution < 1.29 is 13.2 Å². The molecule has 0 radical (unpaired) electrons. The molecule has 0 aliphatic carbocycles. The van der Waals surface area contributed by atoms with Gasteiger partial charge in [-0.05, 0) is 35.9 Å². The Bertz CT molecular complexity index is 1090. The largest absolute Gasteiger partial charge is 0.341 e. The van der Waals surface area contributed by atoms with E-state index >= 15 is 0 Å². The first kappa shape index (κ1) is 21.5. The number of nitrogens with zero attached hydrogens (tertiary/aromatic N) is 2. The Labute approximate surface area is 189 Å². The van der Waals surface area contributed by atoms with Crippen molar-refractivity contribution in [2.24, 2.45) is 4.99 Å². The molecule has 2 atom stereocenters. The number of sulfone groups is 1. The van der Waals surface area contributed by atoms with Crippen LogP contribution >= 0.6 is 35.0 Å². The van der Waals surface area contributed by atoms with Crippen LogP contribution < -0.4 is 5.32 Å². The Hall–Kier alpha value is -1.74. The lowest BCUT2D eigenvalue weighted by Crippen LogP contribution is -2.38. The number of hydrogen-bond acceptors (Lipinski definition) is 6. The molecule has 0 bridgehead atoms.